The van der Waals surface area contributed by atoms with Crippen molar-refractivity contribution in [2.24, 2.45) is 11.1 Å². The van der Waals surface area contributed by atoms with Crippen LogP contribution >= 0.6 is 0 Å². The molecule has 2 aromatic carbocycles. The molecular formula is C20H24N2O3S. The molecule has 1 aliphatic heterocycles. The number of nitrogens with two attached hydrogens (primary N) is 1. The Hall–Kier alpha value is -2.18. The first-order valence-electron chi connectivity index (χ1n) is 8.80. The third kappa shape index (κ3) is 4.51. The van der Waals surface area contributed by atoms with Crippen molar-refractivity contribution in [3.63, 3.8) is 0 Å². The van der Waals surface area contributed by atoms with Crippen LogP contribution in [-0.2, 0) is 16.4 Å². The highest BCUT2D eigenvalue weighted by Crippen LogP contribution is 2.24. The van der Waals surface area contributed by atoms with Gasteiger partial charge in [0.15, 0.2) is 0 Å². The first kappa shape index (κ1) is 18.6. The number of hydrogen-bond donors (Lipinski definition) is 1. The zero-order valence-electron chi connectivity index (χ0n) is 14.9. The van der Waals surface area contributed by atoms with Gasteiger partial charge in [0.2, 0.25) is 10.0 Å². The normalized spacial score (nSPS) is 15.8. The lowest BCUT2D eigenvalue weighted by Gasteiger charge is -2.32. The number of piperidine rings is 1. The molecule has 2 N–H and O–H groups in total. The van der Waals surface area contributed by atoms with Gasteiger partial charge in [0.25, 0.3) is 5.91 Å². The number of sulfonamides is 1. The third-order valence-corrected chi connectivity index (χ3v) is 5.79. The van der Waals surface area contributed by atoms with Crippen molar-refractivity contribution in [3.8, 4) is 0 Å². The smallest absolute Gasteiger partial charge is 0.253 e. The van der Waals surface area contributed by atoms with Gasteiger partial charge in [-0.1, -0.05) is 30.3 Å². The highest BCUT2D eigenvalue weighted by atomic mass is 32.2. The maximum Gasteiger partial charge on any atom is 0.253 e. The van der Waals surface area contributed by atoms with E-state index in [0.717, 1.165) is 19.3 Å². The lowest BCUT2D eigenvalue weighted by Crippen LogP contribution is -2.39. The number of carbonyl (C=O) groups excluding carboxylic acids is 1. The minimum Gasteiger partial charge on any atom is -0.339 e. The van der Waals surface area contributed by atoms with Crippen molar-refractivity contribution in [1.82, 2.24) is 4.90 Å². The molecule has 0 atom stereocenters. The van der Waals surface area contributed by atoms with Crippen LogP contribution < -0.4 is 5.14 Å². The highest BCUT2D eigenvalue weighted by Gasteiger charge is 2.24. The molecule has 26 heavy (non-hydrogen) atoms. The van der Waals surface area contributed by atoms with Crippen molar-refractivity contribution >= 4 is 15.9 Å². The summed E-state index contributed by atoms with van der Waals surface area (Å²) in [5.41, 5.74) is 2.42. The second-order valence-corrected chi connectivity index (χ2v) is 8.57. The van der Waals surface area contributed by atoms with Gasteiger partial charge < -0.3 is 4.90 Å². The highest BCUT2D eigenvalue weighted by molar-refractivity contribution is 7.89. The summed E-state index contributed by atoms with van der Waals surface area (Å²) in [6, 6.07) is 15.0. The molecule has 5 nitrogen and oxygen atoms in total. The summed E-state index contributed by atoms with van der Waals surface area (Å²) in [5.74, 6) is 0.440. The Morgan fingerprint density at radius 3 is 2.38 bits per heavy atom. The summed E-state index contributed by atoms with van der Waals surface area (Å²) in [4.78, 5) is 14.6. The van der Waals surface area contributed by atoms with E-state index >= 15 is 0 Å². The first-order chi connectivity index (χ1) is 12.3. The molecule has 1 amide bonds. The van der Waals surface area contributed by atoms with Gasteiger partial charge in [-0.05, 0) is 61.4 Å². The number of amides is 1. The van der Waals surface area contributed by atoms with Gasteiger partial charge >= 0.3 is 0 Å². The van der Waals surface area contributed by atoms with Gasteiger partial charge in [0.05, 0.1) is 4.90 Å². The largest absolute Gasteiger partial charge is 0.339 e. The summed E-state index contributed by atoms with van der Waals surface area (Å²) in [5, 5.41) is 5.21. The van der Waals surface area contributed by atoms with Crippen molar-refractivity contribution < 1.29 is 13.2 Å². The number of primary sulfonamides is 1. The molecule has 6 heteroatoms. The third-order valence-electron chi connectivity index (χ3n) is 4.90. The van der Waals surface area contributed by atoms with Crippen LogP contribution in [0.25, 0.3) is 0 Å². The molecule has 0 unspecified atom stereocenters. The van der Waals surface area contributed by atoms with E-state index in [2.05, 4.69) is 24.3 Å². The predicted octanol–water partition coefficient (Wildman–Crippen LogP) is 2.74. The number of hydrogen-bond acceptors (Lipinski definition) is 3. The van der Waals surface area contributed by atoms with E-state index < -0.39 is 10.0 Å². The first-order valence-corrected chi connectivity index (χ1v) is 10.4. The molecule has 138 valence electrons. The van der Waals surface area contributed by atoms with Gasteiger partial charge in [-0.15, -0.1) is 0 Å². The fourth-order valence-electron chi connectivity index (χ4n) is 3.51. The molecule has 1 saturated heterocycles. The lowest BCUT2D eigenvalue weighted by atomic mass is 9.90. The molecule has 0 aliphatic carbocycles. The number of carbonyl (C=O) groups is 1. The van der Waals surface area contributed by atoms with Gasteiger partial charge in [0, 0.05) is 18.7 Å². The van der Waals surface area contributed by atoms with Crippen LogP contribution in [0.2, 0.25) is 0 Å². The zero-order chi connectivity index (χ0) is 18.7. The van der Waals surface area contributed by atoms with E-state index in [0.29, 0.717) is 30.1 Å². The fourth-order valence-corrected chi connectivity index (χ4v) is 4.15. The molecule has 0 spiro atoms. The second-order valence-electron chi connectivity index (χ2n) is 7.01. The van der Waals surface area contributed by atoms with Crippen LogP contribution in [0.5, 0.6) is 0 Å². The van der Waals surface area contributed by atoms with E-state index in [9.17, 15) is 13.2 Å². The van der Waals surface area contributed by atoms with Crippen LogP contribution in [0.1, 0.15) is 34.3 Å². The monoisotopic (exact) mass is 372 g/mol. The zero-order valence-corrected chi connectivity index (χ0v) is 15.7. The Morgan fingerprint density at radius 2 is 1.77 bits per heavy atom. The summed E-state index contributed by atoms with van der Waals surface area (Å²) >= 11 is 0. The second kappa shape index (κ2) is 7.60. The molecule has 0 radical (unpaired) electrons. The van der Waals surface area contributed by atoms with E-state index in [4.69, 9.17) is 5.14 Å². The molecule has 3 rings (SSSR count). The van der Waals surface area contributed by atoms with Crippen molar-refractivity contribution in [1.29, 1.82) is 0 Å². The average Bonchev–Trinajstić information content (AvgIpc) is 2.61. The summed E-state index contributed by atoms with van der Waals surface area (Å²) in [7, 11) is -3.83. The van der Waals surface area contributed by atoms with Gasteiger partial charge in [-0.25, -0.2) is 13.6 Å². The van der Waals surface area contributed by atoms with Crippen LogP contribution in [0.3, 0.4) is 0 Å². The number of rotatable bonds is 4. The molecule has 0 saturated carbocycles. The van der Waals surface area contributed by atoms with Crippen molar-refractivity contribution in [2.45, 2.75) is 31.1 Å². The minimum absolute atomic E-state index is 0.0141. The van der Waals surface area contributed by atoms with Crippen LogP contribution in [0, 0.1) is 12.8 Å². The quantitative estimate of drug-likeness (QED) is 0.896. The Kier molecular flexibility index (Phi) is 5.44. The summed E-state index contributed by atoms with van der Waals surface area (Å²) in [6.45, 7) is 3.14. The number of nitrogens with zero attached hydrogens (tertiary/aromatic N) is 1. The van der Waals surface area contributed by atoms with E-state index in [1.807, 2.05) is 11.0 Å². The topological polar surface area (TPSA) is 80.5 Å². The van der Waals surface area contributed by atoms with E-state index in [1.165, 1.54) is 17.7 Å². The maximum atomic E-state index is 12.8. The molecule has 1 fully saturated rings. The molecule has 2 aromatic rings. The number of likely N-dealkylation sites (tertiary alicyclic amines) is 1. The lowest BCUT2D eigenvalue weighted by molar-refractivity contribution is 0.0690. The summed E-state index contributed by atoms with van der Waals surface area (Å²) in [6.07, 6.45) is 2.94. The van der Waals surface area contributed by atoms with E-state index in [1.54, 1.807) is 13.0 Å². The molecule has 1 aliphatic rings. The molecule has 0 bridgehead atoms. The Morgan fingerprint density at radius 1 is 1.12 bits per heavy atom. The van der Waals surface area contributed by atoms with Gasteiger partial charge in [0.1, 0.15) is 0 Å². The van der Waals surface area contributed by atoms with Gasteiger partial charge in [-0.2, -0.15) is 0 Å². The van der Waals surface area contributed by atoms with Crippen molar-refractivity contribution in [2.75, 3.05) is 13.1 Å². The standard InChI is InChI=1S/C20H24N2O3S/c1-15-11-18(14-19(12-15)26(21,24)25)20(23)22-9-7-17(8-10-22)13-16-5-3-2-4-6-16/h2-6,11-12,14,17H,7-10,13H2,1H3,(H2,21,24,25). The summed E-state index contributed by atoms with van der Waals surface area (Å²) < 4.78 is 23.2. The molecular weight excluding hydrogens is 348 g/mol. The van der Waals surface area contributed by atoms with Crippen LogP contribution in [-0.4, -0.2) is 32.3 Å². The maximum absolute atomic E-state index is 12.8. The minimum atomic E-state index is -3.83. The van der Waals surface area contributed by atoms with Gasteiger partial charge in [-0.3, -0.25) is 4.79 Å². The SMILES string of the molecule is Cc1cc(C(=O)N2CCC(Cc3ccccc3)CC2)cc(S(N)(=O)=O)c1. The predicted molar refractivity (Wildman–Crippen MR) is 101 cm³/mol. The Bertz CT molecular complexity index is 887. The number of aryl methyl sites for hydroxylation is 1. The van der Waals surface area contributed by atoms with Crippen LogP contribution in [0.15, 0.2) is 53.4 Å². The number of benzene rings is 2. The van der Waals surface area contributed by atoms with Crippen molar-refractivity contribution in [3.05, 3.63) is 65.2 Å². The Balaban J connectivity index is 1.66. The Labute approximate surface area is 154 Å². The molecule has 0 aromatic heterocycles. The molecule has 1 heterocycles. The fraction of sp³-hybridized carbons (Fsp3) is 0.350. The van der Waals surface area contributed by atoms with E-state index in [-0.39, 0.29) is 10.8 Å². The average molecular weight is 372 g/mol. The van der Waals surface area contributed by atoms with Crippen LogP contribution in [0.4, 0.5) is 0 Å².